The van der Waals surface area contributed by atoms with Gasteiger partial charge in [-0.2, -0.15) is 0 Å². The SMILES string of the molecule is C/C=C\C=C/C1=CCc2ccccc21. The Hall–Kier alpha value is -1.56. The summed E-state index contributed by atoms with van der Waals surface area (Å²) in [6.07, 6.45) is 11.7. The summed E-state index contributed by atoms with van der Waals surface area (Å²) in [6.45, 7) is 2.03. The molecule has 1 aliphatic carbocycles. The van der Waals surface area contributed by atoms with Crippen molar-refractivity contribution in [1.29, 1.82) is 0 Å². The first-order valence-electron chi connectivity index (χ1n) is 4.99. The second-order valence-corrected chi connectivity index (χ2v) is 3.41. The lowest BCUT2D eigenvalue weighted by Crippen LogP contribution is -1.80. The molecule has 1 aliphatic rings. The quantitative estimate of drug-likeness (QED) is 0.611. The maximum Gasteiger partial charge on any atom is -0.00821 e. The van der Waals surface area contributed by atoms with Crippen molar-refractivity contribution < 1.29 is 0 Å². The molecule has 1 aromatic carbocycles. The molecule has 0 unspecified atom stereocenters. The number of hydrogen-bond acceptors (Lipinski definition) is 0. The van der Waals surface area contributed by atoms with Gasteiger partial charge in [-0.15, -0.1) is 0 Å². The number of fused-ring (bicyclic) bond motifs is 1. The molecule has 14 heavy (non-hydrogen) atoms. The molecule has 0 heteroatoms. The predicted molar refractivity (Wildman–Crippen MR) is 62.1 cm³/mol. The van der Waals surface area contributed by atoms with Gasteiger partial charge in [0.2, 0.25) is 0 Å². The van der Waals surface area contributed by atoms with E-state index in [4.69, 9.17) is 0 Å². The third-order valence-corrected chi connectivity index (χ3v) is 2.45. The molecule has 0 aliphatic heterocycles. The Morgan fingerprint density at radius 2 is 2.00 bits per heavy atom. The molecule has 0 saturated carbocycles. The van der Waals surface area contributed by atoms with Gasteiger partial charge in [-0.25, -0.2) is 0 Å². The highest BCUT2D eigenvalue weighted by Gasteiger charge is 2.09. The van der Waals surface area contributed by atoms with E-state index < -0.39 is 0 Å². The standard InChI is InChI=1S/C14H14/c1-2-3-4-7-12-10-11-13-8-5-6-9-14(12)13/h2-10H,11H2,1H3/b3-2-,7-4-. The van der Waals surface area contributed by atoms with Crippen molar-refractivity contribution in [2.24, 2.45) is 0 Å². The van der Waals surface area contributed by atoms with Gasteiger partial charge in [0.05, 0.1) is 0 Å². The smallest absolute Gasteiger partial charge is 0.00821 e. The molecule has 1 aromatic rings. The number of rotatable bonds is 2. The van der Waals surface area contributed by atoms with Gasteiger partial charge in [-0.3, -0.25) is 0 Å². The van der Waals surface area contributed by atoms with Crippen LogP contribution in [0.25, 0.3) is 5.57 Å². The predicted octanol–water partition coefficient (Wildman–Crippen LogP) is 3.76. The van der Waals surface area contributed by atoms with E-state index in [2.05, 4.69) is 48.6 Å². The Bertz CT molecular complexity index is 406. The average molecular weight is 182 g/mol. The topological polar surface area (TPSA) is 0 Å². The van der Waals surface area contributed by atoms with E-state index in [-0.39, 0.29) is 0 Å². The fraction of sp³-hybridized carbons (Fsp3) is 0.143. The highest BCUT2D eigenvalue weighted by molar-refractivity contribution is 5.79. The maximum absolute atomic E-state index is 2.28. The van der Waals surface area contributed by atoms with E-state index in [0.29, 0.717) is 0 Å². The monoisotopic (exact) mass is 182 g/mol. The molecule has 0 aromatic heterocycles. The average Bonchev–Trinajstić information content (AvgIpc) is 2.63. The van der Waals surface area contributed by atoms with Crippen molar-refractivity contribution in [3.63, 3.8) is 0 Å². The molecule has 0 saturated heterocycles. The molecule has 0 nitrogen and oxygen atoms in total. The van der Waals surface area contributed by atoms with Crippen LogP contribution in [0.2, 0.25) is 0 Å². The third kappa shape index (κ3) is 1.69. The van der Waals surface area contributed by atoms with E-state index >= 15 is 0 Å². The van der Waals surface area contributed by atoms with Crippen LogP contribution < -0.4 is 0 Å². The van der Waals surface area contributed by atoms with E-state index in [1.807, 2.05) is 13.0 Å². The lowest BCUT2D eigenvalue weighted by atomic mass is 10.1. The van der Waals surface area contributed by atoms with Gasteiger partial charge >= 0.3 is 0 Å². The first-order chi connectivity index (χ1) is 6.92. The molecule has 0 atom stereocenters. The molecular weight excluding hydrogens is 168 g/mol. The highest BCUT2D eigenvalue weighted by atomic mass is 14.1. The number of hydrogen-bond donors (Lipinski definition) is 0. The van der Waals surface area contributed by atoms with Gasteiger partial charge in [-0.05, 0) is 30.0 Å². The summed E-state index contributed by atoms with van der Waals surface area (Å²) >= 11 is 0. The van der Waals surface area contributed by atoms with Gasteiger partial charge in [0.1, 0.15) is 0 Å². The first-order valence-corrected chi connectivity index (χ1v) is 4.99. The second kappa shape index (κ2) is 4.10. The van der Waals surface area contributed by atoms with Crippen LogP contribution in [0.5, 0.6) is 0 Å². The Morgan fingerprint density at radius 1 is 1.14 bits per heavy atom. The van der Waals surface area contributed by atoms with E-state index in [1.54, 1.807) is 0 Å². The fourth-order valence-electron chi connectivity index (χ4n) is 1.74. The molecular formula is C14H14. The molecule has 0 bridgehead atoms. The van der Waals surface area contributed by atoms with Crippen LogP contribution in [-0.4, -0.2) is 0 Å². The van der Waals surface area contributed by atoms with Crippen molar-refractivity contribution in [3.05, 3.63) is 65.8 Å². The molecule has 0 N–H and O–H groups in total. The fourth-order valence-corrected chi connectivity index (χ4v) is 1.74. The van der Waals surface area contributed by atoms with Gasteiger partial charge in [0.25, 0.3) is 0 Å². The van der Waals surface area contributed by atoms with Crippen molar-refractivity contribution in [2.75, 3.05) is 0 Å². The maximum atomic E-state index is 2.28. The zero-order valence-electron chi connectivity index (χ0n) is 8.40. The van der Waals surface area contributed by atoms with Crippen molar-refractivity contribution in [1.82, 2.24) is 0 Å². The summed E-state index contributed by atoms with van der Waals surface area (Å²) in [4.78, 5) is 0. The molecule has 2 rings (SSSR count). The lowest BCUT2D eigenvalue weighted by Gasteiger charge is -1.99. The number of benzene rings is 1. The van der Waals surface area contributed by atoms with Crippen LogP contribution in [0.4, 0.5) is 0 Å². The van der Waals surface area contributed by atoms with Gasteiger partial charge in [0.15, 0.2) is 0 Å². The Labute approximate surface area is 85.3 Å². The Morgan fingerprint density at radius 3 is 2.86 bits per heavy atom. The Balaban J connectivity index is 2.25. The van der Waals surface area contributed by atoms with Gasteiger partial charge in [-0.1, -0.05) is 54.6 Å². The summed E-state index contributed by atoms with van der Waals surface area (Å²) < 4.78 is 0. The number of allylic oxidation sites excluding steroid dienone is 6. The van der Waals surface area contributed by atoms with Crippen LogP contribution in [-0.2, 0) is 6.42 Å². The minimum absolute atomic E-state index is 1.08. The third-order valence-electron chi connectivity index (χ3n) is 2.45. The summed E-state index contributed by atoms with van der Waals surface area (Å²) in [5.74, 6) is 0. The highest BCUT2D eigenvalue weighted by Crippen LogP contribution is 2.27. The van der Waals surface area contributed by atoms with Crippen molar-refractivity contribution >= 4 is 5.57 Å². The molecule has 0 amide bonds. The van der Waals surface area contributed by atoms with Crippen LogP contribution in [0.15, 0.2) is 54.6 Å². The summed E-state index contributed by atoms with van der Waals surface area (Å²) in [7, 11) is 0. The molecule has 0 spiro atoms. The molecule has 0 fully saturated rings. The summed E-state index contributed by atoms with van der Waals surface area (Å²) in [5, 5.41) is 0. The van der Waals surface area contributed by atoms with Crippen molar-refractivity contribution in [2.45, 2.75) is 13.3 Å². The Kier molecular flexibility index (Phi) is 2.64. The van der Waals surface area contributed by atoms with E-state index in [0.717, 1.165) is 6.42 Å². The van der Waals surface area contributed by atoms with E-state index in [1.165, 1.54) is 16.7 Å². The largest absolute Gasteiger partial charge is 0.0877 e. The van der Waals surface area contributed by atoms with Crippen LogP contribution in [0.1, 0.15) is 18.1 Å². The second-order valence-electron chi connectivity index (χ2n) is 3.41. The zero-order chi connectivity index (χ0) is 9.80. The minimum Gasteiger partial charge on any atom is -0.0877 e. The van der Waals surface area contributed by atoms with Gasteiger partial charge in [0, 0.05) is 0 Å². The van der Waals surface area contributed by atoms with E-state index in [9.17, 15) is 0 Å². The normalized spacial score (nSPS) is 15.1. The first kappa shape index (κ1) is 9.01. The lowest BCUT2D eigenvalue weighted by molar-refractivity contribution is 1.31. The molecule has 70 valence electrons. The minimum atomic E-state index is 1.08. The zero-order valence-corrected chi connectivity index (χ0v) is 8.40. The van der Waals surface area contributed by atoms with Crippen LogP contribution in [0.3, 0.4) is 0 Å². The van der Waals surface area contributed by atoms with Gasteiger partial charge < -0.3 is 0 Å². The van der Waals surface area contributed by atoms with Crippen LogP contribution in [0, 0.1) is 0 Å². The molecule has 0 radical (unpaired) electrons. The summed E-state index contributed by atoms with van der Waals surface area (Å²) in [5.41, 5.74) is 4.17. The van der Waals surface area contributed by atoms with Crippen molar-refractivity contribution in [3.8, 4) is 0 Å². The molecule has 0 heterocycles. The summed E-state index contributed by atoms with van der Waals surface area (Å²) in [6, 6.07) is 8.59. The van der Waals surface area contributed by atoms with Crippen LogP contribution >= 0.6 is 0 Å².